The van der Waals surface area contributed by atoms with Crippen LogP contribution in [0.4, 0.5) is 5.82 Å². The van der Waals surface area contributed by atoms with Crippen LogP contribution in [0.25, 0.3) is 0 Å². The first-order chi connectivity index (χ1) is 8.22. The highest BCUT2D eigenvalue weighted by atomic mass is 15.3. The summed E-state index contributed by atoms with van der Waals surface area (Å²) < 4.78 is 0. The maximum absolute atomic E-state index is 5.49. The number of pyridine rings is 1. The van der Waals surface area contributed by atoms with Gasteiger partial charge < -0.3 is 5.43 Å². The first-order valence-electron chi connectivity index (χ1n) is 6.38. The molecule has 0 aliphatic carbocycles. The van der Waals surface area contributed by atoms with Crippen LogP contribution in [0.1, 0.15) is 38.7 Å². The van der Waals surface area contributed by atoms with Crippen LogP contribution in [0.5, 0.6) is 0 Å². The highest BCUT2D eigenvalue weighted by molar-refractivity contribution is 5.42. The quantitative estimate of drug-likeness (QED) is 0.621. The molecule has 1 fully saturated rings. The molecule has 1 aromatic heterocycles. The molecule has 0 bridgehead atoms. The van der Waals surface area contributed by atoms with E-state index in [0.717, 1.165) is 12.4 Å². The number of piperidine rings is 1. The van der Waals surface area contributed by atoms with E-state index < -0.39 is 0 Å². The smallest absolute Gasteiger partial charge is 0.144 e. The molecule has 0 saturated carbocycles. The van der Waals surface area contributed by atoms with E-state index in [4.69, 9.17) is 5.84 Å². The van der Waals surface area contributed by atoms with Gasteiger partial charge in [0, 0.05) is 30.4 Å². The molecular weight excluding hydrogens is 212 g/mol. The summed E-state index contributed by atoms with van der Waals surface area (Å²) in [5, 5.41) is 0. The summed E-state index contributed by atoms with van der Waals surface area (Å²) in [6.45, 7) is 5.54. The van der Waals surface area contributed by atoms with Crippen LogP contribution >= 0.6 is 0 Å². The molecule has 94 valence electrons. The van der Waals surface area contributed by atoms with Crippen LogP contribution < -0.4 is 11.3 Å². The largest absolute Gasteiger partial charge is 0.308 e. The second-order valence-electron chi connectivity index (χ2n) is 4.96. The Morgan fingerprint density at radius 3 is 2.76 bits per heavy atom. The van der Waals surface area contributed by atoms with Gasteiger partial charge >= 0.3 is 0 Å². The zero-order valence-electron chi connectivity index (χ0n) is 10.7. The molecule has 1 aliphatic rings. The average Bonchev–Trinajstić information content (AvgIpc) is 2.34. The average molecular weight is 234 g/mol. The molecule has 2 rings (SSSR count). The van der Waals surface area contributed by atoms with Gasteiger partial charge in [0.2, 0.25) is 0 Å². The van der Waals surface area contributed by atoms with E-state index in [9.17, 15) is 0 Å². The van der Waals surface area contributed by atoms with Crippen LogP contribution in [-0.4, -0.2) is 22.0 Å². The number of rotatable bonds is 3. The second-order valence-corrected chi connectivity index (χ2v) is 4.96. The van der Waals surface area contributed by atoms with Gasteiger partial charge in [-0.3, -0.25) is 4.90 Å². The third-order valence-electron chi connectivity index (χ3n) is 3.76. The summed E-state index contributed by atoms with van der Waals surface area (Å²) in [7, 11) is 0. The molecule has 0 amide bonds. The lowest BCUT2D eigenvalue weighted by Gasteiger charge is -2.39. The van der Waals surface area contributed by atoms with Crippen molar-refractivity contribution in [2.75, 3.05) is 5.43 Å². The number of aromatic nitrogens is 1. The standard InChI is InChI=1S/C13H22N4/c1-10-5-3-6-11(2)17(10)9-12-7-4-8-15-13(12)16-14/h4,7-8,10-11H,3,5-6,9,14H2,1-2H3,(H,15,16). The third kappa shape index (κ3) is 2.76. The molecule has 4 heteroatoms. The normalized spacial score (nSPS) is 25.8. The van der Waals surface area contributed by atoms with Crippen molar-refractivity contribution in [2.45, 2.75) is 51.7 Å². The fourth-order valence-corrected chi connectivity index (χ4v) is 2.68. The Morgan fingerprint density at radius 2 is 2.12 bits per heavy atom. The van der Waals surface area contributed by atoms with Crippen molar-refractivity contribution in [3.63, 3.8) is 0 Å². The minimum Gasteiger partial charge on any atom is -0.308 e. The SMILES string of the molecule is CC1CCCC(C)N1Cc1cccnc1NN. The number of nitrogens with zero attached hydrogens (tertiary/aromatic N) is 2. The number of hydrazine groups is 1. The van der Waals surface area contributed by atoms with Crippen LogP contribution in [0.3, 0.4) is 0 Å². The first kappa shape index (κ1) is 12.3. The zero-order chi connectivity index (χ0) is 12.3. The summed E-state index contributed by atoms with van der Waals surface area (Å²) in [5.41, 5.74) is 3.85. The number of nitrogens with two attached hydrogens (primary N) is 1. The Morgan fingerprint density at radius 1 is 1.41 bits per heavy atom. The molecule has 2 heterocycles. The maximum Gasteiger partial charge on any atom is 0.144 e. The monoisotopic (exact) mass is 234 g/mol. The van der Waals surface area contributed by atoms with Gasteiger partial charge in [0.15, 0.2) is 0 Å². The summed E-state index contributed by atoms with van der Waals surface area (Å²) in [6.07, 6.45) is 5.68. The Hall–Kier alpha value is -1.13. The molecule has 0 aromatic carbocycles. The van der Waals surface area contributed by atoms with E-state index in [1.807, 2.05) is 6.07 Å². The Balaban J connectivity index is 2.13. The van der Waals surface area contributed by atoms with Gasteiger partial charge in [0.1, 0.15) is 5.82 Å². The van der Waals surface area contributed by atoms with Crippen molar-refractivity contribution in [1.82, 2.24) is 9.88 Å². The van der Waals surface area contributed by atoms with Gasteiger partial charge in [0.05, 0.1) is 0 Å². The lowest BCUT2D eigenvalue weighted by Crippen LogP contribution is -2.43. The van der Waals surface area contributed by atoms with Gasteiger partial charge in [0.25, 0.3) is 0 Å². The lowest BCUT2D eigenvalue weighted by molar-refractivity contribution is 0.0954. The van der Waals surface area contributed by atoms with Crippen molar-refractivity contribution in [3.05, 3.63) is 23.9 Å². The summed E-state index contributed by atoms with van der Waals surface area (Å²) in [6, 6.07) is 5.35. The molecule has 0 spiro atoms. The van der Waals surface area contributed by atoms with Crippen LogP contribution in [0, 0.1) is 0 Å². The first-order valence-corrected chi connectivity index (χ1v) is 6.38. The van der Waals surface area contributed by atoms with Crippen molar-refractivity contribution in [1.29, 1.82) is 0 Å². The molecule has 3 N–H and O–H groups in total. The minimum absolute atomic E-state index is 0.643. The zero-order valence-corrected chi connectivity index (χ0v) is 10.7. The Bertz CT molecular complexity index is 356. The van der Waals surface area contributed by atoms with Crippen molar-refractivity contribution in [3.8, 4) is 0 Å². The third-order valence-corrected chi connectivity index (χ3v) is 3.76. The van der Waals surface area contributed by atoms with Crippen molar-refractivity contribution < 1.29 is 0 Å². The van der Waals surface area contributed by atoms with Gasteiger partial charge in [-0.2, -0.15) is 0 Å². The van der Waals surface area contributed by atoms with Gasteiger partial charge in [-0.05, 0) is 32.8 Å². The van der Waals surface area contributed by atoms with Crippen LogP contribution in [0.15, 0.2) is 18.3 Å². The maximum atomic E-state index is 5.49. The van der Waals surface area contributed by atoms with Gasteiger partial charge in [-0.1, -0.05) is 12.5 Å². The van der Waals surface area contributed by atoms with Gasteiger partial charge in [-0.15, -0.1) is 0 Å². The van der Waals surface area contributed by atoms with Crippen molar-refractivity contribution in [2.24, 2.45) is 5.84 Å². The van der Waals surface area contributed by atoms with E-state index in [0.29, 0.717) is 12.1 Å². The predicted octanol–water partition coefficient (Wildman–Crippen LogP) is 2.13. The molecule has 4 nitrogen and oxygen atoms in total. The predicted molar refractivity (Wildman–Crippen MR) is 70.4 cm³/mol. The molecular formula is C13H22N4. The Kier molecular flexibility index (Phi) is 3.97. The number of nitrogen functional groups attached to an aromatic ring is 1. The number of hydrogen-bond donors (Lipinski definition) is 2. The summed E-state index contributed by atoms with van der Waals surface area (Å²) in [5.74, 6) is 6.28. The fraction of sp³-hybridized carbons (Fsp3) is 0.615. The van der Waals surface area contributed by atoms with Crippen LogP contribution in [0.2, 0.25) is 0 Å². The number of likely N-dealkylation sites (tertiary alicyclic amines) is 1. The lowest BCUT2D eigenvalue weighted by atomic mass is 9.97. The fourth-order valence-electron chi connectivity index (χ4n) is 2.68. The number of hydrogen-bond acceptors (Lipinski definition) is 4. The van der Waals surface area contributed by atoms with E-state index in [1.54, 1.807) is 6.20 Å². The molecule has 1 saturated heterocycles. The molecule has 0 radical (unpaired) electrons. The van der Waals surface area contributed by atoms with E-state index in [2.05, 4.69) is 35.2 Å². The molecule has 1 aliphatic heterocycles. The number of anilines is 1. The summed E-state index contributed by atoms with van der Waals surface area (Å²) >= 11 is 0. The molecule has 1 aromatic rings. The van der Waals surface area contributed by atoms with Gasteiger partial charge in [-0.25, -0.2) is 10.8 Å². The number of nitrogens with one attached hydrogen (secondary N) is 1. The second kappa shape index (κ2) is 5.47. The van der Waals surface area contributed by atoms with E-state index in [1.165, 1.54) is 24.8 Å². The van der Waals surface area contributed by atoms with Crippen LogP contribution in [-0.2, 0) is 6.54 Å². The Labute approximate surface area is 103 Å². The van der Waals surface area contributed by atoms with E-state index in [-0.39, 0.29) is 0 Å². The van der Waals surface area contributed by atoms with E-state index >= 15 is 0 Å². The van der Waals surface area contributed by atoms with Crippen molar-refractivity contribution >= 4 is 5.82 Å². The molecule has 17 heavy (non-hydrogen) atoms. The topological polar surface area (TPSA) is 54.2 Å². The highest BCUT2D eigenvalue weighted by Gasteiger charge is 2.25. The molecule has 2 unspecified atom stereocenters. The highest BCUT2D eigenvalue weighted by Crippen LogP contribution is 2.25. The summed E-state index contributed by atoms with van der Waals surface area (Å²) in [4.78, 5) is 6.79. The molecule has 2 atom stereocenters. The minimum atomic E-state index is 0.643.